The van der Waals surface area contributed by atoms with Crippen molar-refractivity contribution in [1.82, 2.24) is 10.3 Å². The Balaban J connectivity index is 2.20. The molecule has 5 heteroatoms. The number of rotatable bonds is 2. The maximum Gasteiger partial charge on any atom is 0.339 e. The number of nitrogens with zero attached hydrogens (tertiary/aromatic N) is 2. The summed E-state index contributed by atoms with van der Waals surface area (Å²) in [5.41, 5.74) is 1.25. The van der Waals surface area contributed by atoms with Crippen LogP contribution in [0.3, 0.4) is 0 Å². The second-order valence-corrected chi connectivity index (χ2v) is 4.60. The number of hydrogen-bond acceptors (Lipinski definition) is 5. The Morgan fingerprint density at radius 1 is 1.56 bits per heavy atom. The predicted molar refractivity (Wildman–Crippen MR) is 70.0 cm³/mol. The molecule has 1 aromatic rings. The normalized spacial score (nSPS) is 19.7. The largest absolute Gasteiger partial charge is 0.465 e. The summed E-state index contributed by atoms with van der Waals surface area (Å²) in [6.07, 6.45) is 0. The minimum atomic E-state index is -0.333. The molecule has 0 radical (unpaired) electrons. The molecule has 0 aromatic carbocycles. The minimum Gasteiger partial charge on any atom is -0.465 e. The molecule has 0 unspecified atom stereocenters. The molecule has 0 aliphatic carbocycles. The molecule has 1 N–H and O–H groups in total. The minimum absolute atomic E-state index is 0.333. The van der Waals surface area contributed by atoms with E-state index >= 15 is 0 Å². The summed E-state index contributed by atoms with van der Waals surface area (Å²) in [7, 11) is 1.38. The van der Waals surface area contributed by atoms with Crippen molar-refractivity contribution in [3.63, 3.8) is 0 Å². The van der Waals surface area contributed by atoms with E-state index in [1.165, 1.54) is 7.11 Å². The first-order valence-electron chi connectivity index (χ1n) is 6.16. The molecule has 0 saturated carbocycles. The van der Waals surface area contributed by atoms with E-state index < -0.39 is 0 Å². The number of hydrogen-bond donors (Lipinski definition) is 1. The van der Waals surface area contributed by atoms with Crippen LogP contribution in [0.1, 0.15) is 23.0 Å². The average Bonchev–Trinajstić information content (AvgIpc) is 2.37. The Kier molecular flexibility index (Phi) is 3.81. The number of piperazine rings is 1. The van der Waals surface area contributed by atoms with E-state index in [2.05, 4.69) is 22.1 Å². The lowest BCUT2D eigenvalue weighted by Gasteiger charge is -2.33. The van der Waals surface area contributed by atoms with Crippen LogP contribution in [-0.2, 0) is 4.74 Å². The van der Waals surface area contributed by atoms with Gasteiger partial charge in [-0.15, -0.1) is 0 Å². The highest BCUT2D eigenvalue weighted by molar-refractivity contribution is 5.90. The van der Waals surface area contributed by atoms with Crippen molar-refractivity contribution in [1.29, 1.82) is 0 Å². The van der Waals surface area contributed by atoms with E-state index in [1.54, 1.807) is 6.07 Å². The third-order valence-electron chi connectivity index (χ3n) is 3.17. The summed E-state index contributed by atoms with van der Waals surface area (Å²) in [5, 5.41) is 3.39. The number of carbonyl (C=O) groups excluding carboxylic acids is 1. The highest BCUT2D eigenvalue weighted by Gasteiger charge is 2.18. The van der Waals surface area contributed by atoms with Gasteiger partial charge in [-0.25, -0.2) is 9.78 Å². The van der Waals surface area contributed by atoms with Gasteiger partial charge in [0.05, 0.1) is 18.4 Å². The van der Waals surface area contributed by atoms with Crippen LogP contribution in [0.25, 0.3) is 0 Å². The van der Waals surface area contributed by atoms with Crippen LogP contribution in [-0.4, -0.2) is 43.7 Å². The van der Waals surface area contributed by atoms with Gasteiger partial charge in [-0.05, 0) is 26.0 Å². The first-order valence-corrected chi connectivity index (χ1v) is 6.16. The standard InChI is InChI=1S/C13H19N3O2/c1-9-8-16(7-6-14-9)12-5-4-11(10(2)15-12)13(17)18-3/h4-5,9,14H,6-8H2,1-3H3/t9-/m0/s1. The van der Waals surface area contributed by atoms with E-state index in [0.717, 1.165) is 25.5 Å². The van der Waals surface area contributed by atoms with E-state index in [-0.39, 0.29) is 5.97 Å². The molecule has 1 aliphatic heterocycles. The van der Waals surface area contributed by atoms with Gasteiger partial charge in [0.15, 0.2) is 0 Å². The van der Waals surface area contributed by atoms with Crippen molar-refractivity contribution in [2.75, 3.05) is 31.6 Å². The van der Waals surface area contributed by atoms with Gasteiger partial charge in [-0.2, -0.15) is 0 Å². The zero-order valence-electron chi connectivity index (χ0n) is 11.1. The molecule has 0 amide bonds. The second kappa shape index (κ2) is 5.35. The maximum absolute atomic E-state index is 11.5. The third kappa shape index (κ3) is 2.61. The monoisotopic (exact) mass is 249 g/mol. The van der Waals surface area contributed by atoms with E-state index in [4.69, 9.17) is 4.74 Å². The van der Waals surface area contributed by atoms with Crippen LogP contribution in [0.15, 0.2) is 12.1 Å². The molecule has 18 heavy (non-hydrogen) atoms. The number of pyridine rings is 1. The highest BCUT2D eigenvalue weighted by Crippen LogP contribution is 2.17. The fourth-order valence-corrected chi connectivity index (χ4v) is 2.19. The van der Waals surface area contributed by atoms with Crippen LogP contribution in [0.2, 0.25) is 0 Å². The summed E-state index contributed by atoms with van der Waals surface area (Å²) >= 11 is 0. The molecule has 5 nitrogen and oxygen atoms in total. The van der Waals surface area contributed by atoms with Crippen LogP contribution in [0.5, 0.6) is 0 Å². The van der Waals surface area contributed by atoms with Crippen molar-refractivity contribution < 1.29 is 9.53 Å². The molecule has 1 aromatic heterocycles. The van der Waals surface area contributed by atoms with Gasteiger partial charge < -0.3 is 15.0 Å². The summed E-state index contributed by atoms with van der Waals surface area (Å²) < 4.78 is 4.72. The van der Waals surface area contributed by atoms with Gasteiger partial charge in [-0.1, -0.05) is 0 Å². The number of aromatic nitrogens is 1. The van der Waals surface area contributed by atoms with Gasteiger partial charge in [0, 0.05) is 25.7 Å². The van der Waals surface area contributed by atoms with Crippen molar-refractivity contribution in [3.8, 4) is 0 Å². The number of ether oxygens (including phenoxy) is 1. The van der Waals surface area contributed by atoms with E-state index in [9.17, 15) is 4.79 Å². The molecule has 1 fully saturated rings. The average molecular weight is 249 g/mol. The summed E-state index contributed by atoms with van der Waals surface area (Å²) in [5.74, 6) is 0.591. The van der Waals surface area contributed by atoms with Crippen LogP contribution < -0.4 is 10.2 Å². The number of nitrogens with one attached hydrogen (secondary N) is 1. The lowest BCUT2D eigenvalue weighted by molar-refractivity contribution is 0.0599. The van der Waals surface area contributed by atoms with Crippen LogP contribution >= 0.6 is 0 Å². The highest BCUT2D eigenvalue weighted by atomic mass is 16.5. The quantitative estimate of drug-likeness (QED) is 0.792. The van der Waals surface area contributed by atoms with Crippen molar-refractivity contribution >= 4 is 11.8 Å². The van der Waals surface area contributed by atoms with E-state index in [1.807, 2.05) is 13.0 Å². The van der Waals surface area contributed by atoms with E-state index in [0.29, 0.717) is 17.3 Å². The zero-order chi connectivity index (χ0) is 13.1. The number of anilines is 1. The Morgan fingerprint density at radius 3 is 2.94 bits per heavy atom. The summed E-state index contributed by atoms with van der Waals surface area (Å²) in [6.45, 7) is 6.82. The molecule has 0 bridgehead atoms. The Bertz CT molecular complexity index is 448. The Hall–Kier alpha value is -1.62. The predicted octanol–water partition coefficient (Wildman–Crippen LogP) is 0.975. The maximum atomic E-state index is 11.5. The fraction of sp³-hybridized carbons (Fsp3) is 0.538. The van der Waals surface area contributed by atoms with Crippen molar-refractivity contribution in [2.45, 2.75) is 19.9 Å². The Labute approximate surface area is 107 Å². The molecular formula is C13H19N3O2. The molecule has 2 heterocycles. The van der Waals surface area contributed by atoms with Crippen molar-refractivity contribution in [3.05, 3.63) is 23.4 Å². The number of esters is 1. The number of aryl methyl sites for hydroxylation is 1. The lowest BCUT2D eigenvalue weighted by Crippen LogP contribution is -2.49. The molecule has 98 valence electrons. The lowest BCUT2D eigenvalue weighted by atomic mass is 10.2. The molecule has 1 saturated heterocycles. The van der Waals surface area contributed by atoms with Gasteiger partial charge in [0.25, 0.3) is 0 Å². The first kappa shape index (κ1) is 12.8. The molecule has 1 aliphatic rings. The van der Waals surface area contributed by atoms with Gasteiger partial charge in [0.1, 0.15) is 5.82 Å². The summed E-state index contributed by atoms with van der Waals surface area (Å²) in [4.78, 5) is 18.2. The SMILES string of the molecule is COC(=O)c1ccc(N2CCN[C@@H](C)C2)nc1C. The summed E-state index contributed by atoms with van der Waals surface area (Å²) in [6, 6.07) is 4.13. The molecule has 1 atom stereocenters. The van der Waals surface area contributed by atoms with Crippen LogP contribution in [0, 0.1) is 6.92 Å². The Morgan fingerprint density at radius 2 is 2.33 bits per heavy atom. The molecular weight excluding hydrogens is 230 g/mol. The van der Waals surface area contributed by atoms with Gasteiger partial charge in [-0.3, -0.25) is 0 Å². The van der Waals surface area contributed by atoms with Crippen LogP contribution in [0.4, 0.5) is 5.82 Å². The third-order valence-corrected chi connectivity index (χ3v) is 3.17. The van der Waals surface area contributed by atoms with Gasteiger partial charge in [0.2, 0.25) is 0 Å². The second-order valence-electron chi connectivity index (χ2n) is 4.60. The first-order chi connectivity index (χ1) is 8.61. The zero-order valence-corrected chi connectivity index (χ0v) is 11.1. The smallest absolute Gasteiger partial charge is 0.339 e. The topological polar surface area (TPSA) is 54.5 Å². The van der Waals surface area contributed by atoms with Crippen molar-refractivity contribution in [2.24, 2.45) is 0 Å². The molecule has 2 rings (SSSR count). The number of methoxy groups -OCH3 is 1. The molecule has 0 spiro atoms. The number of carbonyl (C=O) groups is 1. The van der Waals surface area contributed by atoms with Gasteiger partial charge >= 0.3 is 5.97 Å². The fourth-order valence-electron chi connectivity index (χ4n) is 2.19.